The molecule has 4 aliphatic heterocycles. The van der Waals surface area contributed by atoms with E-state index in [4.69, 9.17) is 0 Å². The van der Waals surface area contributed by atoms with Gasteiger partial charge in [0.1, 0.15) is 17.5 Å². The molecular weight excluding hydrogens is 731 g/mol. The first-order valence-corrected chi connectivity index (χ1v) is 20.5. The van der Waals surface area contributed by atoms with Crippen LogP contribution < -0.4 is 15.1 Å². The standard InChI is InChI=1S/C47H51N5O6/c1-4-39(32-7-14-37(53)15-8-32)44(34-9-16-38(54)17-10-34)33-5-11-35(12-6-33)50-23-21-31(22-24-50)28-49-26-29(2)51(30(3)27-49)36-13-18-40-41(25-36)47(58)52(46(40)57)42-19-20-43(55)48-45(42)56/h5-18,25,29-31,42,53-54H,4,19-24,26-28H2,1-3H3,(H,48,55,56). The van der Waals surface area contributed by atoms with Crippen molar-refractivity contribution in [2.45, 2.75) is 71.0 Å². The van der Waals surface area contributed by atoms with Gasteiger partial charge in [0.05, 0.1) is 11.1 Å². The molecule has 0 saturated carbocycles. The molecule has 3 unspecified atom stereocenters. The molecule has 0 aliphatic carbocycles. The highest BCUT2D eigenvalue weighted by Gasteiger charge is 2.45. The number of hydrogen-bond acceptors (Lipinski definition) is 9. The van der Waals surface area contributed by atoms with Crippen LogP contribution in [0.25, 0.3) is 11.1 Å². The summed E-state index contributed by atoms with van der Waals surface area (Å²) in [5.41, 5.74) is 8.16. The van der Waals surface area contributed by atoms with Crippen LogP contribution >= 0.6 is 0 Å². The Hall–Kier alpha value is -5.94. The summed E-state index contributed by atoms with van der Waals surface area (Å²) in [5, 5.41) is 22.2. The van der Waals surface area contributed by atoms with Crippen LogP contribution in [0.15, 0.2) is 91.0 Å². The molecule has 3 fully saturated rings. The maximum Gasteiger partial charge on any atom is 0.262 e. The summed E-state index contributed by atoms with van der Waals surface area (Å²) in [6.45, 7) is 11.3. The second kappa shape index (κ2) is 16.1. The molecule has 4 aromatic carbocycles. The maximum atomic E-state index is 13.5. The smallest absolute Gasteiger partial charge is 0.262 e. The number of nitrogens with zero attached hydrogens (tertiary/aromatic N) is 4. The molecule has 3 atom stereocenters. The molecule has 300 valence electrons. The van der Waals surface area contributed by atoms with Gasteiger partial charge < -0.3 is 20.0 Å². The predicted octanol–water partition coefficient (Wildman–Crippen LogP) is 6.68. The Bertz CT molecular complexity index is 2230. The van der Waals surface area contributed by atoms with Crippen LogP contribution in [0.3, 0.4) is 0 Å². The van der Waals surface area contributed by atoms with E-state index < -0.39 is 23.8 Å². The summed E-state index contributed by atoms with van der Waals surface area (Å²) in [7, 11) is 0. The third kappa shape index (κ3) is 7.58. The lowest BCUT2D eigenvalue weighted by atomic mass is 9.88. The normalized spacial score (nSPS) is 22.3. The van der Waals surface area contributed by atoms with Gasteiger partial charge >= 0.3 is 0 Å². The van der Waals surface area contributed by atoms with Crippen molar-refractivity contribution in [3.05, 3.63) is 119 Å². The number of carbonyl (C=O) groups excluding carboxylic acids is 4. The number of anilines is 2. The van der Waals surface area contributed by atoms with Gasteiger partial charge in [0, 0.05) is 62.6 Å². The van der Waals surface area contributed by atoms with Gasteiger partial charge in [0.2, 0.25) is 11.8 Å². The quantitative estimate of drug-likeness (QED) is 0.126. The fourth-order valence-corrected chi connectivity index (χ4v) is 9.62. The zero-order valence-electron chi connectivity index (χ0n) is 33.4. The summed E-state index contributed by atoms with van der Waals surface area (Å²) in [6, 6.07) is 28.4. The number of imide groups is 2. The third-order valence-electron chi connectivity index (χ3n) is 12.4. The monoisotopic (exact) mass is 781 g/mol. The lowest BCUT2D eigenvalue weighted by Crippen LogP contribution is -2.58. The van der Waals surface area contributed by atoms with E-state index in [9.17, 15) is 29.4 Å². The summed E-state index contributed by atoms with van der Waals surface area (Å²) in [5.74, 6) is -0.910. The zero-order chi connectivity index (χ0) is 40.7. The van der Waals surface area contributed by atoms with Crippen LogP contribution in [0.2, 0.25) is 0 Å². The van der Waals surface area contributed by atoms with Crippen LogP contribution in [0.4, 0.5) is 11.4 Å². The van der Waals surface area contributed by atoms with E-state index in [0.29, 0.717) is 17.0 Å². The summed E-state index contributed by atoms with van der Waals surface area (Å²) < 4.78 is 0. The minimum Gasteiger partial charge on any atom is -0.508 e. The molecule has 11 nitrogen and oxygen atoms in total. The third-order valence-corrected chi connectivity index (χ3v) is 12.4. The highest BCUT2D eigenvalue weighted by atomic mass is 16.3. The van der Waals surface area contributed by atoms with Crippen molar-refractivity contribution in [2.75, 3.05) is 42.5 Å². The van der Waals surface area contributed by atoms with E-state index >= 15 is 0 Å². The number of amides is 4. The maximum absolute atomic E-state index is 13.5. The van der Waals surface area contributed by atoms with Crippen LogP contribution in [0, 0.1) is 5.92 Å². The number of benzene rings is 4. The first-order chi connectivity index (χ1) is 28.0. The lowest BCUT2D eigenvalue weighted by molar-refractivity contribution is -0.136. The lowest BCUT2D eigenvalue weighted by Gasteiger charge is -2.47. The summed E-state index contributed by atoms with van der Waals surface area (Å²) >= 11 is 0. The van der Waals surface area contributed by atoms with E-state index in [1.165, 1.54) is 11.3 Å². The van der Waals surface area contributed by atoms with E-state index in [0.717, 1.165) is 84.8 Å². The van der Waals surface area contributed by atoms with Crippen molar-refractivity contribution in [1.82, 2.24) is 15.1 Å². The molecule has 0 spiro atoms. The molecule has 4 amide bonds. The van der Waals surface area contributed by atoms with Gasteiger partial charge in [0.15, 0.2) is 0 Å². The van der Waals surface area contributed by atoms with E-state index in [2.05, 4.69) is 65.1 Å². The van der Waals surface area contributed by atoms with Gasteiger partial charge in [-0.1, -0.05) is 43.3 Å². The van der Waals surface area contributed by atoms with Crippen LogP contribution in [-0.2, 0) is 9.59 Å². The summed E-state index contributed by atoms with van der Waals surface area (Å²) in [6.07, 6.45) is 3.24. The van der Waals surface area contributed by atoms with Crippen molar-refractivity contribution >= 4 is 46.1 Å². The Morgan fingerprint density at radius 1 is 0.690 bits per heavy atom. The molecule has 0 bridgehead atoms. The first kappa shape index (κ1) is 38.9. The van der Waals surface area contributed by atoms with Crippen LogP contribution in [-0.4, -0.2) is 94.5 Å². The van der Waals surface area contributed by atoms with E-state index in [-0.39, 0.29) is 42.3 Å². The molecule has 11 heteroatoms. The van der Waals surface area contributed by atoms with Gasteiger partial charge in [-0.05, 0) is 128 Å². The Balaban J connectivity index is 0.894. The number of phenols is 2. The fourth-order valence-electron chi connectivity index (χ4n) is 9.62. The average Bonchev–Trinajstić information content (AvgIpc) is 3.46. The number of aromatic hydroxyl groups is 2. The van der Waals surface area contributed by atoms with Crippen LogP contribution in [0.5, 0.6) is 11.5 Å². The van der Waals surface area contributed by atoms with Crippen molar-refractivity contribution in [2.24, 2.45) is 5.92 Å². The van der Waals surface area contributed by atoms with Crippen molar-refractivity contribution < 1.29 is 29.4 Å². The Labute approximate surface area is 339 Å². The molecule has 3 saturated heterocycles. The molecule has 4 aliphatic rings. The van der Waals surface area contributed by atoms with Crippen molar-refractivity contribution in [3.63, 3.8) is 0 Å². The number of piperidine rings is 2. The fraction of sp³-hybridized carbons (Fsp3) is 0.362. The minimum absolute atomic E-state index is 0.0915. The number of fused-ring (bicyclic) bond motifs is 1. The predicted molar refractivity (Wildman–Crippen MR) is 225 cm³/mol. The molecule has 3 N–H and O–H groups in total. The number of piperazine rings is 1. The molecule has 8 rings (SSSR count). The number of phenolic OH excluding ortho intramolecular Hbond substituents is 2. The van der Waals surface area contributed by atoms with E-state index in [1.54, 1.807) is 36.4 Å². The van der Waals surface area contributed by atoms with Gasteiger partial charge in [0.25, 0.3) is 11.8 Å². The largest absolute Gasteiger partial charge is 0.508 e. The highest BCUT2D eigenvalue weighted by molar-refractivity contribution is 6.23. The number of rotatable bonds is 9. The molecule has 4 heterocycles. The average molecular weight is 782 g/mol. The van der Waals surface area contributed by atoms with Crippen molar-refractivity contribution in [3.8, 4) is 11.5 Å². The highest BCUT2D eigenvalue weighted by Crippen LogP contribution is 2.38. The van der Waals surface area contributed by atoms with Crippen LogP contribution in [0.1, 0.15) is 90.3 Å². The van der Waals surface area contributed by atoms with Gasteiger partial charge in [-0.2, -0.15) is 0 Å². The topological polar surface area (TPSA) is 134 Å². The minimum atomic E-state index is -0.979. The SMILES string of the molecule is CCC(=C(c1ccc(O)cc1)c1ccc(N2CCC(CN3CC(C)N(c4ccc5c(c4)C(=O)N(C4CCC(=O)NC4=O)C5=O)C(C)C3)CC2)cc1)c1ccc(O)cc1. The number of nitrogens with one attached hydrogen (secondary N) is 1. The van der Waals surface area contributed by atoms with E-state index in [1.807, 2.05) is 30.3 Å². The number of hydrogen-bond donors (Lipinski definition) is 3. The number of carbonyl (C=O) groups is 4. The Morgan fingerprint density at radius 2 is 1.24 bits per heavy atom. The molecule has 0 radical (unpaired) electrons. The van der Waals surface area contributed by atoms with Crippen molar-refractivity contribution in [1.29, 1.82) is 0 Å². The Kier molecular flexibility index (Phi) is 10.8. The second-order valence-electron chi connectivity index (χ2n) is 16.3. The second-order valence-corrected chi connectivity index (χ2v) is 16.3. The van der Waals surface area contributed by atoms with Gasteiger partial charge in [-0.3, -0.25) is 34.3 Å². The number of allylic oxidation sites excluding steroid dienone is 1. The Morgan fingerprint density at radius 3 is 1.83 bits per heavy atom. The molecule has 0 aromatic heterocycles. The molecular formula is C47H51N5O6. The molecule has 58 heavy (non-hydrogen) atoms. The first-order valence-electron chi connectivity index (χ1n) is 20.5. The molecule has 4 aromatic rings. The van der Waals surface area contributed by atoms with Gasteiger partial charge in [-0.25, -0.2) is 0 Å². The zero-order valence-corrected chi connectivity index (χ0v) is 33.4. The summed E-state index contributed by atoms with van der Waals surface area (Å²) in [4.78, 5) is 59.4. The van der Waals surface area contributed by atoms with Gasteiger partial charge in [-0.15, -0.1) is 0 Å².